The summed E-state index contributed by atoms with van der Waals surface area (Å²) in [6.45, 7) is 6.82. The quantitative estimate of drug-likeness (QED) is 0.323. The number of amidine groups is 1. The van der Waals surface area contributed by atoms with E-state index in [1.165, 1.54) is 0 Å². The van der Waals surface area contributed by atoms with Gasteiger partial charge in [0.15, 0.2) is 0 Å². The van der Waals surface area contributed by atoms with Gasteiger partial charge in [-0.05, 0) is 0 Å². The SMILES string of the molecule is C=C.N=C1CN1. The topological polar surface area (TPSA) is 45.8 Å². The molecule has 1 fully saturated rings. The highest BCUT2D eigenvalue weighted by Crippen LogP contribution is 1.73. The lowest BCUT2D eigenvalue weighted by molar-refractivity contribution is 1.39. The highest BCUT2D eigenvalue weighted by Gasteiger charge is 2.04. The van der Waals surface area contributed by atoms with Gasteiger partial charge in [-0.3, -0.25) is 5.41 Å². The molecule has 0 radical (unpaired) electrons. The second kappa shape index (κ2) is 2.45. The molecule has 0 saturated carbocycles. The van der Waals surface area contributed by atoms with E-state index in [0.29, 0.717) is 5.84 Å². The first kappa shape index (κ1) is 5.21. The van der Waals surface area contributed by atoms with Crippen LogP contribution in [0.15, 0.2) is 13.2 Å². The Labute approximate surface area is 37.4 Å². The lowest BCUT2D eigenvalue weighted by Gasteiger charge is -1.36. The molecule has 1 aliphatic heterocycles. The van der Waals surface area contributed by atoms with Crippen molar-refractivity contribution in [3.05, 3.63) is 13.2 Å². The average molecular weight is 84.1 g/mol. The molecule has 0 unspecified atom stereocenters. The van der Waals surface area contributed by atoms with Gasteiger partial charge in [-0.2, -0.15) is 0 Å². The Morgan fingerprint density at radius 2 is 1.83 bits per heavy atom. The van der Waals surface area contributed by atoms with E-state index >= 15 is 0 Å². The molecule has 0 aromatic rings. The van der Waals surface area contributed by atoms with Crippen LogP contribution in [0, 0.1) is 5.41 Å². The van der Waals surface area contributed by atoms with E-state index in [1.807, 2.05) is 0 Å². The summed E-state index contributed by atoms with van der Waals surface area (Å²) in [5.74, 6) is 0.667. The molecular formula is C4H8N2. The van der Waals surface area contributed by atoms with Crippen molar-refractivity contribution >= 4 is 5.84 Å². The predicted molar refractivity (Wildman–Crippen MR) is 27.0 cm³/mol. The molecule has 1 heterocycles. The van der Waals surface area contributed by atoms with Gasteiger partial charge in [-0.15, -0.1) is 13.2 Å². The maximum absolute atomic E-state index is 6.50. The number of rotatable bonds is 0. The Hall–Kier alpha value is -0.790. The largest absolute Gasteiger partial charge is 0.365 e. The Balaban J connectivity index is 0.000000112. The maximum Gasteiger partial charge on any atom is 0.113 e. The van der Waals surface area contributed by atoms with Crippen molar-refractivity contribution in [2.24, 2.45) is 0 Å². The van der Waals surface area contributed by atoms with Crippen molar-refractivity contribution in [1.29, 1.82) is 5.41 Å². The zero-order valence-corrected chi connectivity index (χ0v) is 3.62. The van der Waals surface area contributed by atoms with Crippen LogP contribution >= 0.6 is 0 Å². The molecule has 0 spiro atoms. The Kier molecular flexibility index (Phi) is 2.13. The van der Waals surface area contributed by atoms with Crippen molar-refractivity contribution in [2.75, 3.05) is 6.54 Å². The van der Waals surface area contributed by atoms with Gasteiger partial charge in [0.25, 0.3) is 0 Å². The minimum absolute atomic E-state index is 0.667. The second-order valence-electron chi connectivity index (χ2n) is 0.832. The van der Waals surface area contributed by atoms with Crippen LogP contribution in [0.4, 0.5) is 0 Å². The first-order chi connectivity index (χ1) is 2.89. The van der Waals surface area contributed by atoms with E-state index in [0.717, 1.165) is 6.54 Å². The number of hydrogen-bond acceptors (Lipinski definition) is 1. The molecule has 0 aromatic heterocycles. The van der Waals surface area contributed by atoms with E-state index in [2.05, 4.69) is 18.5 Å². The third-order valence-corrected chi connectivity index (χ3v) is 0.354. The maximum atomic E-state index is 6.50. The summed E-state index contributed by atoms with van der Waals surface area (Å²) in [5, 5.41) is 9.18. The third kappa shape index (κ3) is 3.21. The summed E-state index contributed by atoms with van der Waals surface area (Å²) in [4.78, 5) is 0. The van der Waals surface area contributed by atoms with Gasteiger partial charge in [0.05, 0.1) is 6.54 Å². The van der Waals surface area contributed by atoms with Gasteiger partial charge >= 0.3 is 0 Å². The van der Waals surface area contributed by atoms with Crippen LogP contribution in [-0.2, 0) is 0 Å². The van der Waals surface area contributed by atoms with Crippen LogP contribution in [0.5, 0.6) is 0 Å². The van der Waals surface area contributed by atoms with Gasteiger partial charge in [0, 0.05) is 0 Å². The van der Waals surface area contributed by atoms with Crippen LogP contribution in [0.3, 0.4) is 0 Å². The highest BCUT2D eigenvalue weighted by molar-refractivity contribution is 5.94. The molecule has 1 aliphatic rings. The molecule has 0 atom stereocenters. The molecule has 0 bridgehead atoms. The zero-order chi connectivity index (χ0) is 4.99. The molecule has 0 amide bonds. The summed E-state index contributed by atoms with van der Waals surface area (Å²) in [6.07, 6.45) is 0. The summed E-state index contributed by atoms with van der Waals surface area (Å²) in [5.41, 5.74) is 0. The van der Waals surface area contributed by atoms with Gasteiger partial charge in [0.1, 0.15) is 5.84 Å². The van der Waals surface area contributed by atoms with Crippen molar-refractivity contribution in [1.82, 2.24) is 5.32 Å². The second-order valence-corrected chi connectivity index (χ2v) is 0.832. The van der Waals surface area contributed by atoms with Crippen LogP contribution in [0.2, 0.25) is 0 Å². The first-order valence-electron chi connectivity index (χ1n) is 1.71. The van der Waals surface area contributed by atoms with E-state index in [4.69, 9.17) is 5.41 Å². The lowest BCUT2D eigenvalue weighted by Crippen LogP contribution is -1.65. The van der Waals surface area contributed by atoms with Crippen LogP contribution in [-0.4, -0.2) is 12.4 Å². The predicted octanol–water partition coefficient (Wildman–Crippen LogP) is 0.369. The van der Waals surface area contributed by atoms with Crippen molar-refractivity contribution in [3.63, 3.8) is 0 Å². The van der Waals surface area contributed by atoms with Crippen molar-refractivity contribution < 1.29 is 0 Å². The molecule has 2 N–H and O–H groups in total. The number of hydrogen-bond donors (Lipinski definition) is 2. The summed E-state index contributed by atoms with van der Waals surface area (Å²) in [7, 11) is 0. The Morgan fingerprint density at radius 1 is 1.67 bits per heavy atom. The smallest absolute Gasteiger partial charge is 0.113 e. The fourth-order valence-electron chi connectivity index (χ4n) is 0.0442. The average Bonchev–Trinajstić information content (AvgIpc) is 2.30. The molecule has 34 valence electrons. The molecule has 6 heavy (non-hydrogen) atoms. The summed E-state index contributed by atoms with van der Waals surface area (Å²) < 4.78 is 0. The van der Waals surface area contributed by atoms with Crippen LogP contribution in [0.25, 0.3) is 0 Å². The van der Waals surface area contributed by atoms with E-state index in [9.17, 15) is 0 Å². The fraction of sp³-hybridized carbons (Fsp3) is 0.250. The monoisotopic (exact) mass is 84.1 g/mol. The zero-order valence-electron chi connectivity index (χ0n) is 3.62. The highest BCUT2D eigenvalue weighted by atomic mass is 15.1. The van der Waals surface area contributed by atoms with Crippen molar-refractivity contribution in [2.45, 2.75) is 0 Å². The van der Waals surface area contributed by atoms with E-state index < -0.39 is 0 Å². The van der Waals surface area contributed by atoms with Gasteiger partial charge in [0.2, 0.25) is 0 Å². The minimum Gasteiger partial charge on any atom is -0.365 e. The molecule has 0 aromatic carbocycles. The standard InChI is InChI=1S/C2H4N2.C2H4/c3-2-1-4-2;1-2/h1H2,(H2,3,4);1-2H2. The first-order valence-corrected chi connectivity index (χ1v) is 1.71. The van der Waals surface area contributed by atoms with Gasteiger partial charge in [-0.1, -0.05) is 0 Å². The normalized spacial score (nSPS) is 13.7. The molecule has 0 aliphatic carbocycles. The molecule has 2 heteroatoms. The summed E-state index contributed by atoms with van der Waals surface area (Å²) in [6, 6.07) is 0. The Bertz CT molecular complexity index is 52.6. The molecule has 1 rings (SSSR count). The van der Waals surface area contributed by atoms with E-state index in [-0.39, 0.29) is 0 Å². The molecular weight excluding hydrogens is 76.1 g/mol. The van der Waals surface area contributed by atoms with Crippen LogP contribution in [0.1, 0.15) is 0 Å². The molecule has 1 saturated heterocycles. The van der Waals surface area contributed by atoms with Crippen LogP contribution < -0.4 is 5.32 Å². The van der Waals surface area contributed by atoms with Gasteiger partial charge in [-0.25, -0.2) is 0 Å². The van der Waals surface area contributed by atoms with Crippen molar-refractivity contribution in [3.8, 4) is 0 Å². The lowest BCUT2D eigenvalue weighted by atomic mass is 10.9. The van der Waals surface area contributed by atoms with Gasteiger partial charge < -0.3 is 5.32 Å². The Morgan fingerprint density at radius 3 is 1.83 bits per heavy atom. The van der Waals surface area contributed by atoms with E-state index in [1.54, 1.807) is 0 Å². The number of nitrogens with one attached hydrogen (secondary N) is 2. The summed E-state index contributed by atoms with van der Waals surface area (Å²) >= 11 is 0. The third-order valence-electron chi connectivity index (χ3n) is 0.354. The minimum atomic E-state index is 0.667. The molecule has 2 nitrogen and oxygen atoms in total. The fourth-order valence-corrected chi connectivity index (χ4v) is 0.0442.